The fraction of sp³-hybridized carbons (Fsp3) is 0.455. The fourth-order valence-electron chi connectivity index (χ4n) is 3.28. The van der Waals surface area contributed by atoms with Crippen molar-refractivity contribution in [1.29, 1.82) is 0 Å². The minimum absolute atomic E-state index is 0.0881. The Labute approximate surface area is 162 Å². The molecule has 0 atom stereocenters. The van der Waals surface area contributed by atoms with Gasteiger partial charge < -0.3 is 10.2 Å². The number of benzene rings is 1. The van der Waals surface area contributed by atoms with E-state index in [4.69, 9.17) is 0 Å². The van der Waals surface area contributed by atoms with Gasteiger partial charge in [0.05, 0.1) is 11.9 Å². The summed E-state index contributed by atoms with van der Waals surface area (Å²) in [6.45, 7) is 10.0. The molecule has 144 valence electrons. The Morgan fingerprint density at radius 1 is 1.07 bits per heavy atom. The SMILES string of the molecule is CC(C)CCNC(=O)c1ccc(N2CCN(Cc3ccccc3)CC2)cn1. The van der Waals surface area contributed by atoms with Crippen molar-refractivity contribution in [2.45, 2.75) is 26.8 Å². The van der Waals surface area contributed by atoms with Gasteiger partial charge in [-0.3, -0.25) is 9.69 Å². The molecule has 1 fully saturated rings. The molecule has 0 radical (unpaired) electrons. The Kier molecular flexibility index (Phi) is 6.82. The number of nitrogens with zero attached hydrogens (tertiary/aromatic N) is 3. The fourth-order valence-corrected chi connectivity index (χ4v) is 3.28. The minimum atomic E-state index is -0.0881. The predicted molar refractivity (Wildman–Crippen MR) is 110 cm³/mol. The Hall–Kier alpha value is -2.40. The van der Waals surface area contributed by atoms with Crippen LogP contribution in [-0.2, 0) is 6.54 Å². The summed E-state index contributed by atoms with van der Waals surface area (Å²) in [6.07, 6.45) is 2.81. The van der Waals surface area contributed by atoms with Gasteiger partial charge in [0.15, 0.2) is 0 Å². The minimum Gasteiger partial charge on any atom is -0.368 e. The van der Waals surface area contributed by atoms with Gasteiger partial charge in [0.25, 0.3) is 5.91 Å². The average Bonchev–Trinajstić information content (AvgIpc) is 2.69. The van der Waals surface area contributed by atoms with Crippen molar-refractivity contribution >= 4 is 11.6 Å². The van der Waals surface area contributed by atoms with Gasteiger partial charge in [-0.15, -0.1) is 0 Å². The second kappa shape index (κ2) is 9.51. The molecule has 0 saturated carbocycles. The zero-order valence-electron chi connectivity index (χ0n) is 16.4. The van der Waals surface area contributed by atoms with E-state index >= 15 is 0 Å². The highest BCUT2D eigenvalue weighted by Gasteiger charge is 2.18. The van der Waals surface area contributed by atoms with Gasteiger partial charge in [-0.2, -0.15) is 0 Å². The molecular weight excluding hydrogens is 336 g/mol. The van der Waals surface area contributed by atoms with Crippen molar-refractivity contribution in [3.63, 3.8) is 0 Å². The number of carbonyl (C=O) groups is 1. The summed E-state index contributed by atoms with van der Waals surface area (Å²) in [5, 5.41) is 2.94. The number of aromatic nitrogens is 1. The number of anilines is 1. The van der Waals surface area contributed by atoms with Crippen molar-refractivity contribution in [2.75, 3.05) is 37.6 Å². The van der Waals surface area contributed by atoms with E-state index in [2.05, 4.69) is 64.3 Å². The summed E-state index contributed by atoms with van der Waals surface area (Å²) >= 11 is 0. The first-order chi connectivity index (χ1) is 13.1. The van der Waals surface area contributed by atoms with Gasteiger partial charge in [0, 0.05) is 39.3 Å². The molecule has 0 bridgehead atoms. The number of nitrogens with one attached hydrogen (secondary N) is 1. The zero-order chi connectivity index (χ0) is 19.1. The third kappa shape index (κ3) is 5.79. The first-order valence-electron chi connectivity index (χ1n) is 9.87. The van der Waals surface area contributed by atoms with Crippen LogP contribution in [0.15, 0.2) is 48.7 Å². The number of piperazine rings is 1. The molecule has 1 aromatic heterocycles. The number of amides is 1. The molecule has 2 heterocycles. The summed E-state index contributed by atoms with van der Waals surface area (Å²) in [5.41, 5.74) is 2.94. The van der Waals surface area contributed by atoms with Crippen molar-refractivity contribution in [1.82, 2.24) is 15.2 Å². The summed E-state index contributed by atoms with van der Waals surface area (Å²) in [6, 6.07) is 14.5. The summed E-state index contributed by atoms with van der Waals surface area (Å²) in [5.74, 6) is 0.496. The smallest absolute Gasteiger partial charge is 0.269 e. The molecule has 1 amide bonds. The summed E-state index contributed by atoms with van der Waals surface area (Å²) in [4.78, 5) is 21.3. The first kappa shape index (κ1) is 19.4. The Morgan fingerprint density at radius 2 is 1.81 bits per heavy atom. The van der Waals surface area contributed by atoms with Crippen LogP contribution < -0.4 is 10.2 Å². The molecule has 1 saturated heterocycles. The van der Waals surface area contributed by atoms with Crippen molar-refractivity contribution in [3.05, 3.63) is 59.9 Å². The molecule has 1 aliphatic heterocycles. The lowest BCUT2D eigenvalue weighted by molar-refractivity contribution is 0.0947. The van der Waals surface area contributed by atoms with Crippen LogP contribution in [0.3, 0.4) is 0 Å². The lowest BCUT2D eigenvalue weighted by atomic mass is 10.1. The number of rotatable bonds is 7. The van der Waals surface area contributed by atoms with Crippen molar-refractivity contribution in [3.8, 4) is 0 Å². The van der Waals surface area contributed by atoms with Gasteiger partial charge in [-0.25, -0.2) is 4.98 Å². The lowest BCUT2D eigenvalue weighted by Crippen LogP contribution is -2.46. The average molecular weight is 367 g/mol. The molecule has 1 aliphatic rings. The number of hydrogen-bond donors (Lipinski definition) is 1. The van der Waals surface area contributed by atoms with E-state index in [0.717, 1.165) is 44.8 Å². The monoisotopic (exact) mass is 366 g/mol. The second-order valence-corrected chi connectivity index (χ2v) is 7.59. The third-order valence-corrected chi connectivity index (χ3v) is 4.97. The van der Waals surface area contributed by atoms with Crippen molar-refractivity contribution in [2.24, 2.45) is 5.92 Å². The van der Waals surface area contributed by atoms with Crippen LogP contribution in [-0.4, -0.2) is 48.5 Å². The van der Waals surface area contributed by atoms with E-state index in [0.29, 0.717) is 18.2 Å². The van der Waals surface area contributed by atoms with Gasteiger partial charge in [-0.05, 0) is 30.0 Å². The molecule has 2 aromatic rings. The normalized spacial score (nSPS) is 15.1. The van der Waals surface area contributed by atoms with E-state index < -0.39 is 0 Å². The van der Waals surface area contributed by atoms with Crippen LogP contribution in [0, 0.1) is 5.92 Å². The highest BCUT2D eigenvalue weighted by atomic mass is 16.1. The Bertz CT molecular complexity index is 707. The van der Waals surface area contributed by atoms with Gasteiger partial charge in [0.1, 0.15) is 5.69 Å². The molecule has 3 rings (SSSR count). The Balaban J connectivity index is 1.47. The predicted octanol–water partition coefficient (Wildman–Crippen LogP) is 3.18. The van der Waals surface area contributed by atoms with Gasteiger partial charge in [-0.1, -0.05) is 44.2 Å². The van der Waals surface area contributed by atoms with E-state index in [1.807, 2.05) is 18.3 Å². The molecule has 1 N–H and O–H groups in total. The maximum Gasteiger partial charge on any atom is 0.269 e. The van der Waals surface area contributed by atoms with Gasteiger partial charge in [0.2, 0.25) is 0 Å². The van der Waals surface area contributed by atoms with E-state index in [9.17, 15) is 4.79 Å². The van der Waals surface area contributed by atoms with E-state index in [1.165, 1.54) is 5.56 Å². The van der Waals surface area contributed by atoms with Crippen LogP contribution in [0.5, 0.6) is 0 Å². The molecule has 1 aromatic carbocycles. The van der Waals surface area contributed by atoms with Crippen LogP contribution in [0.4, 0.5) is 5.69 Å². The summed E-state index contributed by atoms with van der Waals surface area (Å²) < 4.78 is 0. The van der Waals surface area contributed by atoms with Crippen LogP contribution in [0.2, 0.25) is 0 Å². The highest BCUT2D eigenvalue weighted by Crippen LogP contribution is 2.17. The van der Waals surface area contributed by atoms with E-state index in [1.54, 1.807) is 0 Å². The summed E-state index contributed by atoms with van der Waals surface area (Å²) in [7, 11) is 0. The molecule has 0 aliphatic carbocycles. The molecular formula is C22H30N4O. The largest absolute Gasteiger partial charge is 0.368 e. The second-order valence-electron chi connectivity index (χ2n) is 7.59. The van der Waals surface area contributed by atoms with Crippen LogP contribution >= 0.6 is 0 Å². The van der Waals surface area contributed by atoms with Crippen LogP contribution in [0.25, 0.3) is 0 Å². The molecule has 0 spiro atoms. The highest BCUT2D eigenvalue weighted by molar-refractivity contribution is 5.92. The van der Waals surface area contributed by atoms with Crippen molar-refractivity contribution < 1.29 is 4.79 Å². The molecule has 0 unspecified atom stereocenters. The molecule has 27 heavy (non-hydrogen) atoms. The molecule has 5 nitrogen and oxygen atoms in total. The first-order valence-corrected chi connectivity index (χ1v) is 9.87. The zero-order valence-corrected chi connectivity index (χ0v) is 16.4. The quantitative estimate of drug-likeness (QED) is 0.818. The molecule has 5 heteroatoms. The maximum absolute atomic E-state index is 12.1. The van der Waals surface area contributed by atoms with Crippen LogP contribution in [0.1, 0.15) is 36.3 Å². The lowest BCUT2D eigenvalue weighted by Gasteiger charge is -2.36. The third-order valence-electron chi connectivity index (χ3n) is 4.97. The van der Waals surface area contributed by atoms with E-state index in [-0.39, 0.29) is 5.91 Å². The van der Waals surface area contributed by atoms with Gasteiger partial charge >= 0.3 is 0 Å². The topological polar surface area (TPSA) is 48.5 Å². The maximum atomic E-state index is 12.1. The standard InChI is InChI=1S/C22H30N4O/c1-18(2)10-11-23-22(27)21-9-8-20(16-24-21)26-14-12-25(13-15-26)17-19-6-4-3-5-7-19/h3-9,16,18H,10-15,17H2,1-2H3,(H,23,27). The number of pyridine rings is 1. The number of hydrogen-bond acceptors (Lipinski definition) is 4. The number of carbonyl (C=O) groups excluding carboxylic acids is 1. The Morgan fingerprint density at radius 3 is 2.44 bits per heavy atom.